The molecule has 3 nitrogen and oxygen atoms in total. The van der Waals surface area contributed by atoms with Gasteiger partial charge in [-0.25, -0.2) is 4.39 Å². The minimum atomic E-state index is -0.592. The average molecular weight is 236 g/mol. The van der Waals surface area contributed by atoms with Crippen molar-refractivity contribution in [2.45, 2.75) is 25.8 Å². The molecule has 0 spiro atoms. The number of primary amides is 1. The molecule has 0 radical (unpaired) electrons. The van der Waals surface area contributed by atoms with Gasteiger partial charge in [0.15, 0.2) is 0 Å². The van der Waals surface area contributed by atoms with Gasteiger partial charge < -0.3 is 11.1 Å². The van der Waals surface area contributed by atoms with E-state index in [4.69, 9.17) is 5.73 Å². The van der Waals surface area contributed by atoms with Crippen molar-refractivity contribution in [3.05, 3.63) is 35.1 Å². The quantitative estimate of drug-likeness (QED) is 0.817. The molecule has 0 aromatic heterocycles. The molecule has 17 heavy (non-hydrogen) atoms. The number of hydrogen-bond donors (Lipinski definition) is 2. The molecule has 1 aromatic carbocycles. The fraction of sp³-hybridized carbons (Fsp3) is 0.462. The monoisotopic (exact) mass is 236 g/mol. The molecule has 1 saturated carbocycles. The third kappa shape index (κ3) is 3.03. The predicted octanol–water partition coefficient (Wildman–Crippen LogP) is 1.66. The Morgan fingerprint density at radius 1 is 1.59 bits per heavy atom. The first-order valence-corrected chi connectivity index (χ1v) is 5.86. The van der Waals surface area contributed by atoms with E-state index in [0.29, 0.717) is 17.0 Å². The third-order valence-electron chi connectivity index (χ3n) is 3.12. The van der Waals surface area contributed by atoms with Crippen molar-refractivity contribution in [1.82, 2.24) is 5.32 Å². The molecule has 0 aliphatic heterocycles. The van der Waals surface area contributed by atoms with Crippen molar-refractivity contribution in [3.8, 4) is 0 Å². The molecule has 1 aliphatic carbocycles. The van der Waals surface area contributed by atoms with Crippen molar-refractivity contribution in [1.29, 1.82) is 0 Å². The normalized spacial score (nSPS) is 16.8. The maximum atomic E-state index is 13.4. The number of nitrogens with two attached hydrogens (primary N) is 1. The van der Waals surface area contributed by atoms with Crippen LogP contribution in [0.3, 0.4) is 0 Å². The Balaban J connectivity index is 2.12. The molecule has 1 atom stereocenters. The number of carbonyl (C=O) groups excluding carboxylic acids is 1. The SMILES string of the molecule is Cc1ccc(C(NCC2CC2)C(N)=O)cc1F. The Hall–Kier alpha value is -1.42. The van der Waals surface area contributed by atoms with Crippen LogP contribution in [0.25, 0.3) is 0 Å². The number of aryl methyl sites for hydroxylation is 1. The second-order valence-corrected chi connectivity index (χ2v) is 4.70. The molecule has 2 rings (SSSR count). The van der Waals surface area contributed by atoms with Gasteiger partial charge in [-0.2, -0.15) is 0 Å². The number of hydrogen-bond acceptors (Lipinski definition) is 2. The first kappa shape index (κ1) is 12.0. The van der Waals surface area contributed by atoms with Gasteiger partial charge in [0.05, 0.1) is 0 Å². The highest BCUT2D eigenvalue weighted by Gasteiger charge is 2.25. The second-order valence-electron chi connectivity index (χ2n) is 4.70. The Morgan fingerprint density at radius 2 is 2.29 bits per heavy atom. The molecule has 1 aromatic rings. The van der Waals surface area contributed by atoms with Crippen molar-refractivity contribution in [2.24, 2.45) is 11.7 Å². The van der Waals surface area contributed by atoms with Gasteiger partial charge in [0.1, 0.15) is 11.9 Å². The molecule has 1 amide bonds. The molecule has 0 saturated heterocycles. The van der Waals surface area contributed by atoms with Crippen LogP contribution in [0.1, 0.15) is 30.0 Å². The fourth-order valence-electron chi connectivity index (χ4n) is 1.78. The lowest BCUT2D eigenvalue weighted by Gasteiger charge is -2.16. The van der Waals surface area contributed by atoms with Gasteiger partial charge in [0, 0.05) is 0 Å². The van der Waals surface area contributed by atoms with Gasteiger partial charge in [-0.3, -0.25) is 4.79 Å². The van der Waals surface area contributed by atoms with Crippen molar-refractivity contribution < 1.29 is 9.18 Å². The number of amides is 1. The second kappa shape index (κ2) is 4.84. The minimum absolute atomic E-state index is 0.304. The zero-order valence-electron chi connectivity index (χ0n) is 9.87. The number of carbonyl (C=O) groups is 1. The minimum Gasteiger partial charge on any atom is -0.368 e. The highest BCUT2D eigenvalue weighted by atomic mass is 19.1. The molecular formula is C13H17FN2O. The third-order valence-corrected chi connectivity index (χ3v) is 3.12. The van der Waals surface area contributed by atoms with E-state index in [0.717, 1.165) is 6.54 Å². The summed E-state index contributed by atoms with van der Waals surface area (Å²) in [6.07, 6.45) is 2.39. The Morgan fingerprint density at radius 3 is 2.82 bits per heavy atom. The largest absolute Gasteiger partial charge is 0.368 e. The number of nitrogens with one attached hydrogen (secondary N) is 1. The highest BCUT2D eigenvalue weighted by molar-refractivity contribution is 5.81. The van der Waals surface area contributed by atoms with Gasteiger partial charge in [-0.15, -0.1) is 0 Å². The van der Waals surface area contributed by atoms with Gasteiger partial charge in [-0.05, 0) is 49.4 Å². The summed E-state index contributed by atoms with van der Waals surface area (Å²) >= 11 is 0. The van der Waals surface area contributed by atoms with Crippen LogP contribution in [0.5, 0.6) is 0 Å². The predicted molar refractivity (Wildman–Crippen MR) is 63.8 cm³/mol. The van der Waals surface area contributed by atoms with Crippen LogP contribution in [0.4, 0.5) is 4.39 Å². The summed E-state index contributed by atoms with van der Waals surface area (Å²) in [5, 5.41) is 3.10. The van der Waals surface area contributed by atoms with Crippen molar-refractivity contribution in [2.75, 3.05) is 6.54 Å². The number of halogens is 1. The summed E-state index contributed by atoms with van der Waals surface area (Å²) < 4.78 is 13.4. The van der Waals surface area contributed by atoms with E-state index >= 15 is 0 Å². The van der Waals surface area contributed by atoms with E-state index in [1.807, 2.05) is 0 Å². The van der Waals surface area contributed by atoms with E-state index in [-0.39, 0.29) is 5.82 Å². The van der Waals surface area contributed by atoms with Gasteiger partial charge in [0.2, 0.25) is 5.91 Å². The van der Waals surface area contributed by atoms with Gasteiger partial charge in [-0.1, -0.05) is 12.1 Å². The highest BCUT2D eigenvalue weighted by Crippen LogP contribution is 2.28. The molecule has 1 unspecified atom stereocenters. The Bertz CT molecular complexity index is 429. The molecule has 92 valence electrons. The van der Waals surface area contributed by atoms with Crippen LogP contribution >= 0.6 is 0 Å². The summed E-state index contributed by atoms with van der Waals surface area (Å²) in [6.45, 7) is 2.46. The Kier molecular flexibility index (Phi) is 3.43. The topological polar surface area (TPSA) is 55.1 Å². The molecule has 1 aliphatic rings. The lowest BCUT2D eigenvalue weighted by atomic mass is 10.0. The van der Waals surface area contributed by atoms with Crippen LogP contribution in [0.15, 0.2) is 18.2 Å². The molecule has 0 heterocycles. The summed E-state index contributed by atoms with van der Waals surface area (Å²) in [7, 11) is 0. The van der Waals surface area contributed by atoms with E-state index in [2.05, 4.69) is 5.32 Å². The average Bonchev–Trinajstić information content (AvgIpc) is 3.07. The maximum absolute atomic E-state index is 13.4. The van der Waals surface area contributed by atoms with Crippen molar-refractivity contribution in [3.63, 3.8) is 0 Å². The number of benzene rings is 1. The first-order chi connectivity index (χ1) is 8.08. The first-order valence-electron chi connectivity index (χ1n) is 5.86. The van der Waals surface area contributed by atoms with Crippen LogP contribution in [0, 0.1) is 18.7 Å². The summed E-state index contributed by atoms with van der Waals surface area (Å²) in [4.78, 5) is 11.4. The van der Waals surface area contributed by atoms with E-state index in [1.165, 1.54) is 18.9 Å². The molecule has 3 N–H and O–H groups in total. The van der Waals surface area contributed by atoms with Gasteiger partial charge >= 0.3 is 0 Å². The zero-order chi connectivity index (χ0) is 12.4. The maximum Gasteiger partial charge on any atom is 0.239 e. The summed E-state index contributed by atoms with van der Waals surface area (Å²) in [6, 6.07) is 4.20. The standard InChI is InChI=1S/C13H17FN2O/c1-8-2-5-10(6-11(8)14)12(13(15)17)16-7-9-3-4-9/h2,5-6,9,12,16H,3-4,7H2,1H3,(H2,15,17). The number of rotatable bonds is 5. The van der Waals surface area contributed by atoms with Crippen LogP contribution in [-0.2, 0) is 4.79 Å². The molecule has 4 heteroatoms. The van der Waals surface area contributed by atoms with E-state index in [9.17, 15) is 9.18 Å². The summed E-state index contributed by atoms with van der Waals surface area (Å²) in [5.41, 5.74) is 6.51. The lowest BCUT2D eigenvalue weighted by molar-refractivity contribution is -0.120. The van der Waals surface area contributed by atoms with E-state index < -0.39 is 11.9 Å². The van der Waals surface area contributed by atoms with Crippen LogP contribution < -0.4 is 11.1 Å². The Labute approximate surface area is 100 Å². The molecular weight excluding hydrogens is 219 g/mol. The lowest BCUT2D eigenvalue weighted by Crippen LogP contribution is -2.34. The summed E-state index contributed by atoms with van der Waals surface area (Å²) in [5.74, 6) is -0.122. The van der Waals surface area contributed by atoms with Crippen molar-refractivity contribution >= 4 is 5.91 Å². The zero-order valence-corrected chi connectivity index (χ0v) is 9.87. The smallest absolute Gasteiger partial charge is 0.239 e. The van der Waals surface area contributed by atoms with Crippen LogP contribution in [0.2, 0.25) is 0 Å². The fourth-order valence-corrected chi connectivity index (χ4v) is 1.78. The molecule has 1 fully saturated rings. The van der Waals surface area contributed by atoms with Gasteiger partial charge in [0.25, 0.3) is 0 Å². The van der Waals surface area contributed by atoms with Crippen LogP contribution in [-0.4, -0.2) is 12.5 Å². The molecule has 0 bridgehead atoms. The van der Waals surface area contributed by atoms with E-state index in [1.54, 1.807) is 19.1 Å².